The Morgan fingerprint density at radius 1 is 1.17 bits per heavy atom. The molecular weight excluding hydrogens is 422 g/mol. The number of thiophene rings is 1. The number of morpholine rings is 1. The summed E-state index contributed by atoms with van der Waals surface area (Å²) in [5.74, 6) is 1.24. The molecule has 9 heteroatoms. The molecule has 0 saturated carbocycles. The lowest BCUT2D eigenvalue weighted by atomic mass is 9.94. The molecule has 0 N–H and O–H groups in total. The summed E-state index contributed by atoms with van der Waals surface area (Å²) in [5.41, 5.74) is 0.544. The summed E-state index contributed by atoms with van der Waals surface area (Å²) in [5, 5.41) is 0.296. The quantitative estimate of drug-likeness (QED) is 0.625. The highest BCUT2D eigenvalue weighted by molar-refractivity contribution is 7.19. The highest BCUT2D eigenvalue weighted by Gasteiger charge is 2.35. The van der Waals surface area contributed by atoms with Crippen molar-refractivity contribution in [3.63, 3.8) is 0 Å². The maximum Gasteiger partial charge on any atom is 0.224 e. The molecule has 2 aliphatic heterocycles. The van der Waals surface area contributed by atoms with Crippen molar-refractivity contribution >= 4 is 44.8 Å². The van der Waals surface area contributed by atoms with Crippen LogP contribution >= 0.6 is 22.9 Å². The third-order valence-corrected chi connectivity index (χ3v) is 7.51. The molecule has 0 atom stereocenters. The van der Waals surface area contributed by atoms with Crippen molar-refractivity contribution in [3.05, 3.63) is 16.2 Å². The minimum absolute atomic E-state index is 0.296. The standard InChI is InChI=1S/C21H30ClN5O2S/c1-4-17(28)21(2,3)27-7-5-25(6-8-27)14-15-13-16-18(30-15)19(24-20(22)23-16)26-9-11-29-12-10-26/h13H,4-12,14H2,1-3H3. The molecule has 2 fully saturated rings. The maximum atomic E-state index is 12.3. The molecular formula is C21H30ClN5O2S. The van der Waals surface area contributed by atoms with E-state index < -0.39 is 0 Å². The number of fused-ring (bicyclic) bond motifs is 1. The summed E-state index contributed by atoms with van der Waals surface area (Å²) in [4.78, 5) is 29.6. The molecule has 2 aromatic rings. The monoisotopic (exact) mass is 451 g/mol. The molecule has 30 heavy (non-hydrogen) atoms. The topological polar surface area (TPSA) is 61.8 Å². The SMILES string of the molecule is CCC(=O)C(C)(C)N1CCN(Cc2cc3nc(Cl)nc(N4CCOCC4)c3s2)CC1. The number of rotatable bonds is 6. The van der Waals surface area contributed by atoms with E-state index in [0.29, 0.717) is 30.7 Å². The first kappa shape index (κ1) is 21.9. The highest BCUT2D eigenvalue weighted by atomic mass is 35.5. The van der Waals surface area contributed by atoms with Gasteiger partial charge in [-0.1, -0.05) is 6.92 Å². The Balaban J connectivity index is 1.46. The van der Waals surface area contributed by atoms with Gasteiger partial charge in [0.25, 0.3) is 0 Å². The molecule has 2 aromatic heterocycles. The van der Waals surface area contributed by atoms with Crippen molar-refractivity contribution in [1.29, 1.82) is 0 Å². The summed E-state index contributed by atoms with van der Waals surface area (Å²) < 4.78 is 6.58. The molecule has 0 amide bonds. The number of piperazine rings is 1. The number of Topliss-reactive ketones (excluding diaryl/α,β-unsaturated/α-hetero) is 1. The average Bonchev–Trinajstić information content (AvgIpc) is 3.15. The fraction of sp³-hybridized carbons (Fsp3) is 0.667. The Kier molecular flexibility index (Phi) is 6.60. The minimum atomic E-state index is -0.377. The van der Waals surface area contributed by atoms with Gasteiger partial charge in [0.1, 0.15) is 0 Å². The lowest BCUT2D eigenvalue weighted by molar-refractivity contribution is -0.130. The summed E-state index contributed by atoms with van der Waals surface area (Å²) >= 11 is 7.98. The molecule has 0 spiro atoms. The normalized spacial score (nSPS) is 19.5. The number of halogens is 1. The first-order valence-electron chi connectivity index (χ1n) is 10.7. The predicted octanol–water partition coefficient (Wildman–Crippen LogP) is 3.06. The first-order chi connectivity index (χ1) is 14.4. The van der Waals surface area contributed by atoms with Gasteiger partial charge in [0.05, 0.1) is 29.0 Å². The first-order valence-corrected chi connectivity index (χ1v) is 11.9. The number of carbonyl (C=O) groups excluding carboxylic acids is 1. The van der Waals surface area contributed by atoms with Gasteiger partial charge in [0.2, 0.25) is 5.28 Å². The number of aromatic nitrogens is 2. The van der Waals surface area contributed by atoms with E-state index in [-0.39, 0.29) is 5.54 Å². The largest absolute Gasteiger partial charge is 0.378 e. The van der Waals surface area contributed by atoms with E-state index in [0.717, 1.165) is 61.8 Å². The van der Waals surface area contributed by atoms with Crippen molar-refractivity contribution in [2.75, 3.05) is 57.4 Å². The number of anilines is 1. The molecule has 0 unspecified atom stereocenters. The van der Waals surface area contributed by atoms with Crippen LogP contribution in [0, 0.1) is 0 Å². The van der Waals surface area contributed by atoms with Crippen LogP contribution in [0.5, 0.6) is 0 Å². The molecule has 7 nitrogen and oxygen atoms in total. The zero-order valence-electron chi connectivity index (χ0n) is 18.0. The molecule has 0 radical (unpaired) electrons. The number of ketones is 1. The van der Waals surface area contributed by atoms with E-state index >= 15 is 0 Å². The molecule has 4 heterocycles. The second kappa shape index (κ2) is 9.04. The number of carbonyl (C=O) groups is 1. The molecule has 0 bridgehead atoms. The van der Waals surface area contributed by atoms with Crippen LogP contribution in [0.1, 0.15) is 32.1 Å². The molecule has 0 aromatic carbocycles. The van der Waals surface area contributed by atoms with Crippen molar-refractivity contribution in [2.24, 2.45) is 0 Å². The van der Waals surface area contributed by atoms with E-state index in [1.807, 2.05) is 6.92 Å². The van der Waals surface area contributed by atoms with Crippen molar-refractivity contribution in [2.45, 2.75) is 39.3 Å². The van der Waals surface area contributed by atoms with Gasteiger partial charge < -0.3 is 9.64 Å². The number of nitrogens with zero attached hydrogens (tertiary/aromatic N) is 5. The van der Waals surface area contributed by atoms with Gasteiger partial charge in [0, 0.05) is 57.1 Å². The predicted molar refractivity (Wildman–Crippen MR) is 122 cm³/mol. The summed E-state index contributed by atoms with van der Waals surface area (Å²) in [6, 6.07) is 2.15. The summed E-state index contributed by atoms with van der Waals surface area (Å²) in [6.07, 6.45) is 0.587. The number of ether oxygens (including phenoxy) is 1. The van der Waals surface area contributed by atoms with Crippen LogP contribution < -0.4 is 4.90 Å². The van der Waals surface area contributed by atoms with Gasteiger partial charge in [-0.05, 0) is 31.5 Å². The number of hydrogen-bond acceptors (Lipinski definition) is 8. The Bertz CT molecular complexity index is 904. The Morgan fingerprint density at radius 2 is 1.87 bits per heavy atom. The van der Waals surface area contributed by atoms with Gasteiger partial charge in [-0.3, -0.25) is 14.6 Å². The van der Waals surface area contributed by atoms with Crippen LogP contribution in [-0.4, -0.2) is 83.6 Å². The molecule has 0 aliphatic carbocycles. The molecule has 2 aliphatic rings. The smallest absolute Gasteiger partial charge is 0.224 e. The van der Waals surface area contributed by atoms with Gasteiger partial charge in [-0.15, -0.1) is 11.3 Å². The summed E-state index contributed by atoms with van der Waals surface area (Å²) in [7, 11) is 0. The third-order valence-electron chi connectivity index (χ3n) is 6.23. The average molecular weight is 452 g/mol. The van der Waals surface area contributed by atoms with E-state index in [1.54, 1.807) is 11.3 Å². The van der Waals surface area contributed by atoms with Crippen LogP contribution in [0.25, 0.3) is 10.2 Å². The van der Waals surface area contributed by atoms with Gasteiger partial charge in [-0.25, -0.2) is 4.98 Å². The second-order valence-corrected chi connectivity index (χ2v) is 9.92. The van der Waals surface area contributed by atoms with Crippen LogP contribution in [0.15, 0.2) is 6.07 Å². The Labute approximate surface area is 187 Å². The minimum Gasteiger partial charge on any atom is -0.378 e. The van der Waals surface area contributed by atoms with Crippen molar-refractivity contribution in [1.82, 2.24) is 19.8 Å². The van der Waals surface area contributed by atoms with Crippen LogP contribution in [0.3, 0.4) is 0 Å². The fourth-order valence-electron chi connectivity index (χ4n) is 4.30. The van der Waals surface area contributed by atoms with Crippen molar-refractivity contribution in [3.8, 4) is 0 Å². The Morgan fingerprint density at radius 3 is 2.53 bits per heavy atom. The van der Waals surface area contributed by atoms with Gasteiger partial charge in [0.15, 0.2) is 11.6 Å². The lowest BCUT2D eigenvalue weighted by Gasteiger charge is -2.43. The van der Waals surface area contributed by atoms with Crippen LogP contribution in [-0.2, 0) is 16.1 Å². The maximum absolute atomic E-state index is 12.3. The Hall–Kier alpha value is -1.32. The zero-order valence-corrected chi connectivity index (χ0v) is 19.6. The fourth-order valence-corrected chi connectivity index (χ4v) is 5.62. The van der Waals surface area contributed by atoms with Gasteiger partial charge in [-0.2, -0.15) is 4.98 Å². The summed E-state index contributed by atoms with van der Waals surface area (Å²) in [6.45, 7) is 13.7. The van der Waals surface area contributed by atoms with Gasteiger partial charge >= 0.3 is 0 Å². The van der Waals surface area contributed by atoms with E-state index in [9.17, 15) is 4.79 Å². The van der Waals surface area contributed by atoms with E-state index in [2.05, 4.69) is 44.6 Å². The highest BCUT2D eigenvalue weighted by Crippen LogP contribution is 2.34. The molecule has 2 saturated heterocycles. The number of hydrogen-bond donors (Lipinski definition) is 0. The van der Waals surface area contributed by atoms with E-state index in [1.165, 1.54) is 4.88 Å². The third kappa shape index (κ3) is 4.48. The van der Waals surface area contributed by atoms with Crippen LogP contribution in [0.2, 0.25) is 5.28 Å². The van der Waals surface area contributed by atoms with E-state index in [4.69, 9.17) is 16.3 Å². The molecule has 4 rings (SSSR count). The second-order valence-electron chi connectivity index (χ2n) is 8.44. The molecule has 164 valence electrons. The lowest BCUT2D eigenvalue weighted by Crippen LogP contribution is -2.57. The van der Waals surface area contributed by atoms with Crippen molar-refractivity contribution < 1.29 is 9.53 Å². The van der Waals surface area contributed by atoms with Crippen LogP contribution in [0.4, 0.5) is 5.82 Å². The zero-order chi connectivity index (χ0) is 21.3.